The van der Waals surface area contributed by atoms with Crippen LogP contribution in [0, 0.1) is 5.82 Å². The van der Waals surface area contributed by atoms with Crippen molar-refractivity contribution in [1.82, 2.24) is 0 Å². The molecule has 0 amide bonds. The van der Waals surface area contributed by atoms with Crippen LogP contribution in [-0.4, -0.2) is 24.6 Å². The van der Waals surface area contributed by atoms with Crippen molar-refractivity contribution in [3.05, 3.63) is 29.6 Å². The Kier molecular flexibility index (Phi) is 1.79. The molecule has 78 valence electrons. The number of carbonyl (C=O) groups is 1. The highest BCUT2D eigenvalue weighted by Gasteiger charge is 2.39. The van der Waals surface area contributed by atoms with Gasteiger partial charge in [-0.1, -0.05) is 0 Å². The minimum atomic E-state index is -0.410. The summed E-state index contributed by atoms with van der Waals surface area (Å²) in [7, 11) is 0. The van der Waals surface area contributed by atoms with Gasteiger partial charge in [0.05, 0.1) is 18.6 Å². The number of rotatable bonds is 1. The molecule has 4 heteroatoms. The maximum Gasteiger partial charge on any atom is 0.170 e. The fourth-order valence-electron chi connectivity index (χ4n) is 1.80. The van der Waals surface area contributed by atoms with Crippen LogP contribution in [0.3, 0.4) is 0 Å². The molecule has 1 aromatic carbocycles. The molecule has 2 heterocycles. The normalized spacial score (nSPS) is 28.2. The fourth-order valence-corrected chi connectivity index (χ4v) is 1.80. The van der Waals surface area contributed by atoms with Crippen molar-refractivity contribution in [3.63, 3.8) is 0 Å². The topological polar surface area (TPSA) is 38.8 Å². The molecule has 0 aliphatic carbocycles. The van der Waals surface area contributed by atoms with Crippen LogP contribution in [-0.2, 0) is 4.74 Å². The molecule has 1 unspecified atom stereocenters. The molecule has 3 nitrogen and oxygen atoms in total. The van der Waals surface area contributed by atoms with E-state index >= 15 is 0 Å². The number of ketones is 1. The molecule has 1 saturated heterocycles. The number of Topliss-reactive ketones (excluding diaryl/α,β-unsaturated/α-hetero) is 1. The third-order valence-corrected chi connectivity index (χ3v) is 2.68. The van der Waals surface area contributed by atoms with Gasteiger partial charge >= 0.3 is 0 Å². The highest BCUT2D eigenvalue weighted by Crippen LogP contribution is 2.32. The highest BCUT2D eigenvalue weighted by atomic mass is 19.1. The second kappa shape index (κ2) is 3.03. The number of fused-ring (bicyclic) bond motifs is 1. The van der Waals surface area contributed by atoms with Crippen molar-refractivity contribution in [3.8, 4) is 5.75 Å². The van der Waals surface area contributed by atoms with Crippen LogP contribution in [0.15, 0.2) is 18.2 Å². The first kappa shape index (κ1) is 8.85. The highest BCUT2D eigenvalue weighted by molar-refractivity contribution is 6.00. The quantitative estimate of drug-likeness (QED) is 0.657. The Morgan fingerprint density at radius 3 is 2.87 bits per heavy atom. The third-order valence-electron chi connectivity index (χ3n) is 2.68. The molecular formula is C11H9FO3. The second-order valence-electron chi connectivity index (χ2n) is 3.80. The van der Waals surface area contributed by atoms with Gasteiger partial charge in [0.15, 0.2) is 5.78 Å². The fraction of sp³-hybridized carbons (Fsp3) is 0.364. The smallest absolute Gasteiger partial charge is 0.170 e. The maximum atomic E-state index is 12.9. The van der Waals surface area contributed by atoms with Gasteiger partial charge in [-0.15, -0.1) is 0 Å². The van der Waals surface area contributed by atoms with Gasteiger partial charge in [0.2, 0.25) is 0 Å². The summed E-state index contributed by atoms with van der Waals surface area (Å²) >= 11 is 0. The number of benzene rings is 1. The first-order chi connectivity index (χ1) is 7.24. The van der Waals surface area contributed by atoms with Crippen LogP contribution in [0.5, 0.6) is 5.75 Å². The van der Waals surface area contributed by atoms with E-state index in [0.717, 1.165) is 0 Å². The van der Waals surface area contributed by atoms with E-state index in [4.69, 9.17) is 9.47 Å². The lowest BCUT2D eigenvalue weighted by atomic mass is 9.99. The number of hydrogen-bond donors (Lipinski definition) is 0. The Bertz CT molecular complexity index is 426. The summed E-state index contributed by atoms with van der Waals surface area (Å²) in [6, 6.07) is 4.01. The summed E-state index contributed by atoms with van der Waals surface area (Å²) in [5, 5.41) is 0. The van der Waals surface area contributed by atoms with Crippen LogP contribution in [0.25, 0.3) is 0 Å². The van der Waals surface area contributed by atoms with Crippen LogP contribution >= 0.6 is 0 Å². The predicted molar refractivity (Wildman–Crippen MR) is 49.5 cm³/mol. The van der Waals surface area contributed by atoms with E-state index < -0.39 is 5.82 Å². The Morgan fingerprint density at radius 2 is 2.13 bits per heavy atom. The minimum absolute atomic E-state index is 0.0344. The van der Waals surface area contributed by atoms with Gasteiger partial charge in [-0.05, 0) is 18.2 Å². The largest absolute Gasteiger partial charge is 0.486 e. The summed E-state index contributed by atoms with van der Waals surface area (Å²) in [5.74, 6) is -0.0174. The van der Waals surface area contributed by atoms with Crippen molar-refractivity contribution < 1.29 is 18.7 Å². The van der Waals surface area contributed by atoms with Crippen molar-refractivity contribution in [2.75, 3.05) is 6.61 Å². The molecule has 0 N–H and O–H groups in total. The molecule has 0 radical (unpaired) electrons. The summed E-state index contributed by atoms with van der Waals surface area (Å²) in [6.45, 7) is 0.647. The number of halogens is 1. The van der Waals surface area contributed by atoms with Crippen LogP contribution in [0.1, 0.15) is 16.8 Å². The molecule has 0 spiro atoms. The average molecular weight is 208 g/mol. The second-order valence-corrected chi connectivity index (χ2v) is 3.80. The molecule has 2 aliphatic heterocycles. The van der Waals surface area contributed by atoms with Crippen molar-refractivity contribution in [1.29, 1.82) is 0 Å². The SMILES string of the molecule is O=C1C[C@H](C2CO2)Oc2ccc(F)cc21. The van der Waals surface area contributed by atoms with E-state index in [-0.39, 0.29) is 24.4 Å². The van der Waals surface area contributed by atoms with E-state index in [0.29, 0.717) is 17.9 Å². The zero-order valence-electron chi connectivity index (χ0n) is 7.90. The molecule has 1 aromatic rings. The Morgan fingerprint density at radius 1 is 1.33 bits per heavy atom. The van der Waals surface area contributed by atoms with Crippen LogP contribution in [0.4, 0.5) is 4.39 Å². The lowest BCUT2D eigenvalue weighted by Gasteiger charge is -2.23. The summed E-state index contributed by atoms with van der Waals surface area (Å²) in [5.41, 5.74) is 0.340. The summed E-state index contributed by atoms with van der Waals surface area (Å²) in [4.78, 5) is 11.7. The Balaban J connectivity index is 1.96. The average Bonchev–Trinajstić information content (AvgIpc) is 3.02. The number of carbonyl (C=O) groups excluding carboxylic acids is 1. The van der Waals surface area contributed by atoms with E-state index in [1.54, 1.807) is 0 Å². The lowest BCUT2D eigenvalue weighted by molar-refractivity contribution is 0.0799. The van der Waals surface area contributed by atoms with Gasteiger partial charge in [0.25, 0.3) is 0 Å². The summed E-state index contributed by atoms with van der Waals surface area (Å²) < 4.78 is 23.6. The van der Waals surface area contributed by atoms with Crippen molar-refractivity contribution >= 4 is 5.78 Å². The molecule has 0 saturated carbocycles. The van der Waals surface area contributed by atoms with Gasteiger partial charge < -0.3 is 9.47 Å². The Labute approximate surface area is 85.8 Å². The Hall–Kier alpha value is -1.42. The predicted octanol–water partition coefficient (Wildman–Crippen LogP) is 1.56. The van der Waals surface area contributed by atoms with Gasteiger partial charge in [0.1, 0.15) is 23.8 Å². The molecular weight excluding hydrogens is 199 g/mol. The maximum absolute atomic E-state index is 12.9. The molecule has 0 aromatic heterocycles. The molecule has 0 bridgehead atoms. The number of epoxide rings is 1. The molecule has 2 atom stereocenters. The van der Waals surface area contributed by atoms with E-state index in [9.17, 15) is 9.18 Å². The van der Waals surface area contributed by atoms with Crippen molar-refractivity contribution in [2.45, 2.75) is 18.6 Å². The van der Waals surface area contributed by atoms with Gasteiger partial charge in [-0.3, -0.25) is 4.79 Å². The first-order valence-electron chi connectivity index (χ1n) is 4.85. The van der Waals surface area contributed by atoms with Gasteiger partial charge in [-0.2, -0.15) is 0 Å². The first-order valence-corrected chi connectivity index (χ1v) is 4.85. The molecule has 1 fully saturated rings. The van der Waals surface area contributed by atoms with E-state index in [1.807, 2.05) is 0 Å². The molecule has 15 heavy (non-hydrogen) atoms. The van der Waals surface area contributed by atoms with Crippen molar-refractivity contribution in [2.24, 2.45) is 0 Å². The zero-order valence-corrected chi connectivity index (χ0v) is 7.90. The monoisotopic (exact) mass is 208 g/mol. The number of ether oxygens (including phenoxy) is 2. The molecule has 3 rings (SSSR count). The van der Waals surface area contributed by atoms with E-state index in [1.165, 1.54) is 18.2 Å². The third kappa shape index (κ3) is 1.51. The lowest BCUT2D eigenvalue weighted by Crippen LogP contribution is -2.31. The van der Waals surface area contributed by atoms with Crippen LogP contribution in [0.2, 0.25) is 0 Å². The van der Waals surface area contributed by atoms with Crippen LogP contribution < -0.4 is 4.74 Å². The number of hydrogen-bond acceptors (Lipinski definition) is 3. The minimum Gasteiger partial charge on any atom is -0.486 e. The van der Waals surface area contributed by atoms with Gasteiger partial charge in [0, 0.05) is 0 Å². The summed E-state index contributed by atoms with van der Waals surface area (Å²) in [6.07, 6.45) is 0.115. The van der Waals surface area contributed by atoms with Gasteiger partial charge in [-0.25, -0.2) is 4.39 Å². The van der Waals surface area contributed by atoms with E-state index in [2.05, 4.69) is 0 Å². The zero-order chi connectivity index (χ0) is 10.4. The standard InChI is InChI=1S/C11H9FO3/c12-6-1-2-9-7(3-6)8(13)4-10(15-9)11-5-14-11/h1-3,10-11H,4-5H2/t10-,11?/m1/s1. The molecule has 2 aliphatic rings.